The lowest BCUT2D eigenvalue weighted by Crippen LogP contribution is -2.66. The number of ether oxygens (including phenoxy) is 2. The Kier molecular flexibility index (Phi) is 8.42. The summed E-state index contributed by atoms with van der Waals surface area (Å²) in [6.07, 6.45) is 0.679. The van der Waals surface area contributed by atoms with E-state index in [1.165, 1.54) is 0 Å². The van der Waals surface area contributed by atoms with E-state index in [4.69, 9.17) is 9.47 Å². The van der Waals surface area contributed by atoms with E-state index in [9.17, 15) is 40.5 Å². The molecule has 10 nitrogen and oxygen atoms in total. The van der Waals surface area contributed by atoms with Crippen LogP contribution < -0.4 is 0 Å². The van der Waals surface area contributed by atoms with Crippen LogP contribution in [0.1, 0.15) is 92.4 Å². The molecule has 256 valence electrons. The smallest absolute Gasteiger partial charge is 0.315 e. The van der Waals surface area contributed by atoms with Gasteiger partial charge in [0.05, 0.1) is 30.3 Å². The highest BCUT2D eigenvalue weighted by Gasteiger charge is 2.69. The molecule has 0 unspecified atom stereocenters. The second-order valence-electron chi connectivity index (χ2n) is 16.7. The van der Waals surface area contributed by atoms with Crippen LogP contribution in [-0.4, -0.2) is 97.3 Å². The zero-order valence-electron chi connectivity index (χ0n) is 27.6. The molecule has 0 aromatic heterocycles. The fourth-order valence-electron chi connectivity index (χ4n) is 11.8. The van der Waals surface area contributed by atoms with Crippen molar-refractivity contribution in [3.63, 3.8) is 0 Å². The molecule has 0 aromatic carbocycles. The highest BCUT2D eigenvalue weighted by molar-refractivity contribution is 5.79. The first-order chi connectivity index (χ1) is 21.0. The van der Waals surface area contributed by atoms with E-state index in [0.29, 0.717) is 37.5 Å². The van der Waals surface area contributed by atoms with E-state index in [-0.39, 0.29) is 29.3 Å². The lowest BCUT2D eigenvalue weighted by atomic mass is 9.37. The number of hydrogen-bond donors (Lipinski definition) is 7. The van der Waals surface area contributed by atoms with Crippen molar-refractivity contribution in [1.29, 1.82) is 0 Å². The zero-order valence-corrected chi connectivity index (χ0v) is 27.6. The molecule has 45 heavy (non-hydrogen) atoms. The van der Waals surface area contributed by atoms with Gasteiger partial charge in [0.1, 0.15) is 24.4 Å². The predicted molar refractivity (Wildman–Crippen MR) is 163 cm³/mol. The first-order valence-corrected chi connectivity index (χ1v) is 17.3. The van der Waals surface area contributed by atoms with Crippen molar-refractivity contribution in [2.24, 2.45) is 51.2 Å². The number of aliphatic hydroxyl groups excluding tert-OH is 6. The highest BCUT2D eigenvalue weighted by Crippen LogP contribution is 2.72. The lowest BCUT2D eigenvalue weighted by Gasteiger charge is -2.68. The van der Waals surface area contributed by atoms with E-state index in [2.05, 4.69) is 19.9 Å². The molecule has 10 heteroatoms. The molecule has 6 rings (SSSR count). The molecule has 1 heterocycles. The SMILES string of the molecule is C[C@@H]1CC[C@]2(C(=O)O[C@@H]3O[C@H](CO)[C@@H](O)[C@H](O)[C@H]3O)CC[C@]3(C)C(=CC[C@H]4[C@@H]3CC[C@@H]3[C@]4(C)CC[C@@H](O)[C@]3(C)CO)[C@@H]2[C@]1(C)O. The van der Waals surface area contributed by atoms with Crippen LogP contribution in [0.15, 0.2) is 11.6 Å². The monoisotopic (exact) mass is 636 g/mol. The van der Waals surface area contributed by atoms with Crippen molar-refractivity contribution >= 4 is 5.97 Å². The van der Waals surface area contributed by atoms with Crippen LogP contribution in [0.25, 0.3) is 0 Å². The van der Waals surface area contributed by atoms with E-state index in [1.54, 1.807) is 0 Å². The van der Waals surface area contributed by atoms with Gasteiger partial charge in [-0.25, -0.2) is 0 Å². The Bertz CT molecular complexity index is 1190. The van der Waals surface area contributed by atoms with Gasteiger partial charge in [0.25, 0.3) is 0 Å². The predicted octanol–water partition coefficient (Wildman–Crippen LogP) is 2.05. The normalized spacial score (nSPS) is 56.2. The minimum Gasteiger partial charge on any atom is -0.432 e. The third-order valence-corrected chi connectivity index (χ3v) is 14.9. The van der Waals surface area contributed by atoms with Gasteiger partial charge in [0.2, 0.25) is 6.29 Å². The first kappa shape index (κ1) is 33.8. The summed E-state index contributed by atoms with van der Waals surface area (Å²) in [5.41, 5.74) is -2.02. The number of carbonyl (C=O) groups excluding carboxylic acids is 1. The van der Waals surface area contributed by atoms with Crippen LogP contribution in [0.5, 0.6) is 0 Å². The number of hydrogen-bond acceptors (Lipinski definition) is 10. The van der Waals surface area contributed by atoms with Crippen molar-refractivity contribution in [2.75, 3.05) is 13.2 Å². The Hall–Kier alpha value is -1.11. The molecule has 0 amide bonds. The maximum absolute atomic E-state index is 14.4. The summed E-state index contributed by atoms with van der Waals surface area (Å²) in [5.74, 6) is -0.313. The summed E-state index contributed by atoms with van der Waals surface area (Å²) >= 11 is 0. The third-order valence-electron chi connectivity index (χ3n) is 14.9. The fraction of sp³-hybridized carbons (Fsp3) is 0.914. The molecule has 0 radical (unpaired) electrons. The van der Waals surface area contributed by atoms with Gasteiger partial charge in [-0.1, -0.05) is 39.3 Å². The van der Waals surface area contributed by atoms with Crippen molar-refractivity contribution < 1.29 is 50.0 Å². The van der Waals surface area contributed by atoms with E-state index < -0.39 is 71.7 Å². The van der Waals surface area contributed by atoms with Crippen molar-refractivity contribution in [3.05, 3.63) is 11.6 Å². The van der Waals surface area contributed by atoms with Gasteiger partial charge < -0.3 is 45.2 Å². The minimum atomic E-state index is -1.69. The van der Waals surface area contributed by atoms with Gasteiger partial charge in [-0.05, 0) is 99.2 Å². The number of esters is 1. The van der Waals surface area contributed by atoms with Crippen LogP contribution in [0.3, 0.4) is 0 Å². The van der Waals surface area contributed by atoms with Crippen LogP contribution in [-0.2, 0) is 14.3 Å². The standard InChI is InChI=1S/C35H56O10/c1-18-10-13-35(30(42)45-29-27(41)26(40)25(39)22(16-36)44-29)15-14-31(2)19-8-9-23-32(3,12-11-24(38)33(23,4)17-37)20(19)6-7-21(31)28(35)34(18,5)43/h7,18-20,22-29,36-41,43H,6,8-17H2,1-5H3/t18-,19+,20+,22-,23-,24-,25-,26+,27-,28-,29+,31+,32-,33-,34-,35+/m1/s1. The summed E-state index contributed by atoms with van der Waals surface area (Å²) in [5, 5.41) is 74.7. The van der Waals surface area contributed by atoms with Gasteiger partial charge in [-0.15, -0.1) is 0 Å². The third kappa shape index (κ3) is 4.60. The molecule has 0 aromatic rings. The molecule has 5 aliphatic carbocycles. The molecule has 1 saturated heterocycles. The molecule has 0 bridgehead atoms. The van der Waals surface area contributed by atoms with Crippen LogP contribution >= 0.6 is 0 Å². The van der Waals surface area contributed by atoms with Gasteiger partial charge >= 0.3 is 5.97 Å². The minimum absolute atomic E-state index is 0.0356. The average Bonchev–Trinajstić information content (AvgIpc) is 3.01. The molecule has 7 N–H and O–H groups in total. The zero-order chi connectivity index (χ0) is 32.9. The van der Waals surface area contributed by atoms with Crippen LogP contribution in [0.2, 0.25) is 0 Å². The number of rotatable bonds is 4. The molecule has 5 fully saturated rings. The highest BCUT2D eigenvalue weighted by atomic mass is 16.7. The van der Waals surface area contributed by atoms with Crippen molar-refractivity contribution in [3.8, 4) is 0 Å². The molecule has 16 atom stereocenters. The van der Waals surface area contributed by atoms with Crippen LogP contribution in [0, 0.1) is 51.2 Å². The number of allylic oxidation sites excluding steroid dienone is 1. The largest absolute Gasteiger partial charge is 0.432 e. The molecule has 1 aliphatic heterocycles. The number of aliphatic hydroxyl groups is 7. The maximum atomic E-state index is 14.4. The maximum Gasteiger partial charge on any atom is 0.315 e. The Balaban J connectivity index is 1.36. The molecule has 6 aliphatic rings. The lowest BCUT2D eigenvalue weighted by molar-refractivity contribution is -0.299. The van der Waals surface area contributed by atoms with Gasteiger partial charge in [0, 0.05) is 11.3 Å². The second-order valence-corrected chi connectivity index (χ2v) is 16.7. The van der Waals surface area contributed by atoms with E-state index in [0.717, 1.165) is 37.7 Å². The number of carbonyl (C=O) groups is 1. The van der Waals surface area contributed by atoms with Gasteiger partial charge in [0.15, 0.2) is 0 Å². The topological polar surface area (TPSA) is 177 Å². The Morgan fingerprint density at radius 2 is 1.62 bits per heavy atom. The Morgan fingerprint density at radius 3 is 2.29 bits per heavy atom. The molecule has 0 spiro atoms. The van der Waals surface area contributed by atoms with Crippen LogP contribution in [0.4, 0.5) is 0 Å². The first-order valence-electron chi connectivity index (χ1n) is 17.3. The summed E-state index contributed by atoms with van der Waals surface area (Å²) in [4.78, 5) is 14.4. The summed E-state index contributed by atoms with van der Waals surface area (Å²) in [6, 6.07) is 0. The van der Waals surface area contributed by atoms with Crippen molar-refractivity contribution in [2.45, 2.75) is 135 Å². The molecule has 4 saturated carbocycles. The summed E-state index contributed by atoms with van der Waals surface area (Å²) in [7, 11) is 0. The summed E-state index contributed by atoms with van der Waals surface area (Å²) in [6.45, 7) is 9.92. The van der Waals surface area contributed by atoms with E-state index in [1.807, 2.05) is 20.8 Å². The fourth-order valence-corrected chi connectivity index (χ4v) is 11.8. The Morgan fingerprint density at radius 1 is 0.911 bits per heavy atom. The molecular formula is C35H56O10. The number of fused-ring (bicyclic) bond motifs is 7. The Labute approximate surface area is 266 Å². The molecular weight excluding hydrogens is 580 g/mol. The van der Waals surface area contributed by atoms with Gasteiger partial charge in [-0.3, -0.25) is 4.79 Å². The van der Waals surface area contributed by atoms with Gasteiger partial charge in [-0.2, -0.15) is 0 Å². The average molecular weight is 637 g/mol. The summed E-state index contributed by atoms with van der Waals surface area (Å²) < 4.78 is 11.4. The second kappa shape index (κ2) is 11.2. The quantitative estimate of drug-likeness (QED) is 0.179. The van der Waals surface area contributed by atoms with Crippen molar-refractivity contribution in [1.82, 2.24) is 0 Å². The van der Waals surface area contributed by atoms with E-state index >= 15 is 0 Å².